The van der Waals surface area contributed by atoms with Crippen molar-refractivity contribution in [3.8, 4) is 0 Å². The first-order chi connectivity index (χ1) is 11.7. The van der Waals surface area contributed by atoms with Gasteiger partial charge in [-0.1, -0.05) is 60.7 Å². The van der Waals surface area contributed by atoms with E-state index in [0.29, 0.717) is 26.2 Å². The van der Waals surface area contributed by atoms with Crippen molar-refractivity contribution in [2.24, 2.45) is 0 Å². The molecule has 4 nitrogen and oxygen atoms in total. The maximum absolute atomic E-state index is 12.4. The van der Waals surface area contributed by atoms with Crippen LogP contribution in [0.5, 0.6) is 0 Å². The molecular weight excluding hydrogens is 300 g/mol. The van der Waals surface area contributed by atoms with Gasteiger partial charge in [-0.05, 0) is 24.0 Å². The second-order valence-corrected chi connectivity index (χ2v) is 6.31. The van der Waals surface area contributed by atoms with Gasteiger partial charge in [0.05, 0.1) is 6.54 Å². The van der Waals surface area contributed by atoms with Crippen LogP contribution in [0, 0.1) is 0 Å². The van der Waals surface area contributed by atoms with Gasteiger partial charge in [0, 0.05) is 19.6 Å². The largest absolute Gasteiger partial charge is 0.372 e. The molecule has 1 heterocycles. The van der Waals surface area contributed by atoms with E-state index in [1.807, 2.05) is 53.4 Å². The summed E-state index contributed by atoms with van der Waals surface area (Å²) >= 11 is 0. The maximum Gasteiger partial charge on any atom is 0.238 e. The third-order valence-corrected chi connectivity index (χ3v) is 4.42. The van der Waals surface area contributed by atoms with Crippen molar-refractivity contribution in [2.75, 3.05) is 19.6 Å². The average Bonchev–Trinajstić information content (AvgIpc) is 2.59. The molecule has 0 radical (unpaired) electrons. The average molecular weight is 324 g/mol. The van der Waals surface area contributed by atoms with Crippen LogP contribution in [0.2, 0.25) is 0 Å². The second-order valence-electron chi connectivity index (χ2n) is 6.31. The zero-order chi connectivity index (χ0) is 16.8. The minimum atomic E-state index is -0.717. The number of carbonyl (C=O) groups excluding carboxylic acids is 1. The first-order valence-corrected chi connectivity index (χ1v) is 8.50. The monoisotopic (exact) mass is 324 g/mol. The number of β-amino-alcohol motifs (C(OH)–C–C–N with tert-alkyl or cyclic N) is 1. The van der Waals surface area contributed by atoms with Crippen LogP contribution in [-0.4, -0.2) is 46.7 Å². The Balaban J connectivity index is 1.49. The summed E-state index contributed by atoms with van der Waals surface area (Å²) in [5.41, 5.74) is 2.43. The predicted octanol–water partition coefficient (Wildman–Crippen LogP) is 2.28. The Hall–Kier alpha value is -2.17. The number of amides is 1. The summed E-state index contributed by atoms with van der Waals surface area (Å²) in [4.78, 5) is 16.0. The molecule has 0 bridgehead atoms. The van der Waals surface area contributed by atoms with Gasteiger partial charge in [0.15, 0.2) is 0 Å². The highest BCUT2D eigenvalue weighted by Gasteiger charge is 2.30. The van der Waals surface area contributed by atoms with Crippen molar-refractivity contribution >= 4 is 5.91 Å². The zero-order valence-electron chi connectivity index (χ0n) is 13.8. The number of aliphatic hydroxyl groups is 1. The minimum absolute atomic E-state index is 0.0118. The SMILES string of the molecule is O=C1CN(Cc2ccccc2)CC(O)N1CCCc1ccccc1. The Bertz CT molecular complexity index is 645. The topological polar surface area (TPSA) is 43.8 Å². The molecule has 1 atom stereocenters. The number of nitrogens with zero attached hydrogens (tertiary/aromatic N) is 2. The maximum atomic E-state index is 12.4. The summed E-state index contributed by atoms with van der Waals surface area (Å²) in [6.07, 6.45) is 1.07. The van der Waals surface area contributed by atoms with E-state index >= 15 is 0 Å². The molecule has 1 unspecified atom stereocenters. The molecule has 1 aliphatic heterocycles. The normalized spacial score (nSPS) is 18.8. The second kappa shape index (κ2) is 8.08. The fraction of sp³-hybridized carbons (Fsp3) is 0.350. The van der Waals surface area contributed by atoms with Crippen molar-refractivity contribution in [1.82, 2.24) is 9.80 Å². The first kappa shape index (κ1) is 16.7. The lowest BCUT2D eigenvalue weighted by molar-refractivity contribution is -0.152. The molecule has 4 heteroatoms. The van der Waals surface area contributed by atoms with Crippen LogP contribution in [0.1, 0.15) is 17.5 Å². The van der Waals surface area contributed by atoms with E-state index in [9.17, 15) is 9.90 Å². The van der Waals surface area contributed by atoms with Gasteiger partial charge < -0.3 is 10.0 Å². The molecule has 3 rings (SSSR count). The fourth-order valence-electron chi connectivity index (χ4n) is 3.18. The van der Waals surface area contributed by atoms with Gasteiger partial charge in [-0.3, -0.25) is 9.69 Å². The molecule has 0 spiro atoms. The van der Waals surface area contributed by atoms with Crippen LogP contribution < -0.4 is 0 Å². The van der Waals surface area contributed by atoms with Gasteiger partial charge >= 0.3 is 0 Å². The van der Waals surface area contributed by atoms with Crippen LogP contribution in [0.3, 0.4) is 0 Å². The Morgan fingerprint density at radius 2 is 1.58 bits per heavy atom. The number of piperazine rings is 1. The molecule has 1 fully saturated rings. The smallest absolute Gasteiger partial charge is 0.238 e. The molecule has 0 aliphatic carbocycles. The van der Waals surface area contributed by atoms with Crippen LogP contribution in [-0.2, 0) is 17.8 Å². The Morgan fingerprint density at radius 3 is 2.21 bits per heavy atom. The number of aryl methyl sites for hydroxylation is 1. The summed E-state index contributed by atoms with van der Waals surface area (Å²) < 4.78 is 0. The van der Waals surface area contributed by atoms with E-state index in [0.717, 1.165) is 18.4 Å². The van der Waals surface area contributed by atoms with Gasteiger partial charge in [0.25, 0.3) is 0 Å². The zero-order valence-corrected chi connectivity index (χ0v) is 13.8. The summed E-state index contributed by atoms with van der Waals surface area (Å²) in [7, 11) is 0. The molecule has 1 saturated heterocycles. The van der Waals surface area contributed by atoms with E-state index in [1.54, 1.807) is 4.90 Å². The van der Waals surface area contributed by atoms with Crippen molar-refractivity contribution in [2.45, 2.75) is 25.6 Å². The van der Waals surface area contributed by atoms with E-state index in [4.69, 9.17) is 0 Å². The third kappa shape index (κ3) is 4.43. The van der Waals surface area contributed by atoms with Crippen LogP contribution in [0.25, 0.3) is 0 Å². The predicted molar refractivity (Wildman–Crippen MR) is 94.2 cm³/mol. The van der Waals surface area contributed by atoms with Crippen LogP contribution in [0.15, 0.2) is 60.7 Å². The molecule has 24 heavy (non-hydrogen) atoms. The van der Waals surface area contributed by atoms with Crippen molar-refractivity contribution in [1.29, 1.82) is 0 Å². The molecule has 1 amide bonds. The van der Waals surface area contributed by atoms with E-state index in [1.165, 1.54) is 5.56 Å². The van der Waals surface area contributed by atoms with Crippen molar-refractivity contribution in [3.05, 3.63) is 71.8 Å². The molecule has 126 valence electrons. The number of hydrogen-bond acceptors (Lipinski definition) is 3. The number of benzene rings is 2. The molecule has 1 aliphatic rings. The number of rotatable bonds is 6. The molecular formula is C20H24N2O2. The number of hydrogen-bond donors (Lipinski definition) is 1. The Kier molecular flexibility index (Phi) is 5.62. The lowest BCUT2D eigenvalue weighted by Crippen LogP contribution is -2.56. The lowest BCUT2D eigenvalue weighted by atomic mass is 10.1. The highest BCUT2D eigenvalue weighted by molar-refractivity contribution is 5.79. The fourth-order valence-corrected chi connectivity index (χ4v) is 3.18. The molecule has 1 N–H and O–H groups in total. The van der Waals surface area contributed by atoms with Gasteiger partial charge in [0.2, 0.25) is 5.91 Å². The Morgan fingerprint density at radius 1 is 0.958 bits per heavy atom. The number of aliphatic hydroxyl groups excluding tert-OH is 1. The van der Waals surface area contributed by atoms with E-state index in [-0.39, 0.29) is 5.91 Å². The van der Waals surface area contributed by atoms with Gasteiger partial charge in [-0.15, -0.1) is 0 Å². The van der Waals surface area contributed by atoms with Crippen LogP contribution >= 0.6 is 0 Å². The summed E-state index contributed by atoms with van der Waals surface area (Å²) in [5, 5.41) is 10.3. The van der Waals surface area contributed by atoms with Crippen molar-refractivity contribution in [3.63, 3.8) is 0 Å². The van der Waals surface area contributed by atoms with Crippen molar-refractivity contribution < 1.29 is 9.90 Å². The highest BCUT2D eigenvalue weighted by Crippen LogP contribution is 2.14. The molecule has 0 saturated carbocycles. The standard InChI is InChI=1S/C20H24N2O2/c23-19-15-21(14-18-10-5-2-6-11-18)16-20(24)22(19)13-7-12-17-8-3-1-4-9-17/h1-6,8-11,19,23H,7,12-16H2. The molecule has 2 aromatic rings. The molecule has 2 aromatic carbocycles. The van der Waals surface area contributed by atoms with E-state index in [2.05, 4.69) is 12.1 Å². The number of carbonyl (C=O) groups is 1. The van der Waals surface area contributed by atoms with Gasteiger partial charge in [-0.2, -0.15) is 0 Å². The third-order valence-electron chi connectivity index (χ3n) is 4.42. The summed E-state index contributed by atoms with van der Waals surface area (Å²) in [6.45, 7) is 2.18. The molecule has 0 aromatic heterocycles. The highest BCUT2D eigenvalue weighted by atomic mass is 16.3. The summed E-state index contributed by atoms with van der Waals surface area (Å²) in [6, 6.07) is 20.3. The van der Waals surface area contributed by atoms with Gasteiger partial charge in [-0.25, -0.2) is 0 Å². The quantitative estimate of drug-likeness (QED) is 0.886. The van der Waals surface area contributed by atoms with E-state index < -0.39 is 6.23 Å². The van der Waals surface area contributed by atoms with Gasteiger partial charge in [0.1, 0.15) is 6.23 Å². The van der Waals surface area contributed by atoms with Crippen LogP contribution in [0.4, 0.5) is 0 Å². The lowest BCUT2D eigenvalue weighted by Gasteiger charge is -2.38. The minimum Gasteiger partial charge on any atom is -0.372 e. The summed E-state index contributed by atoms with van der Waals surface area (Å²) in [5.74, 6) is 0.0118. The Labute approximate surface area is 143 Å². The first-order valence-electron chi connectivity index (χ1n) is 8.50.